The van der Waals surface area contributed by atoms with Gasteiger partial charge in [-0.2, -0.15) is 17.7 Å². The number of hydrogen-bond acceptors (Lipinski definition) is 0. The molecule has 0 aromatic rings. The van der Waals surface area contributed by atoms with E-state index in [2.05, 4.69) is 0 Å². The van der Waals surface area contributed by atoms with Crippen molar-refractivity contribution in [3.05, 3.63) is 35.0 Å². The average molecular weight is 293 g/mol. The lowest BCUT2D eigenvalue weighted by Gasteiger charge is -2.18. The maximum atomic E-state index is 12.8. The highest BCUT2D eigenvalue weighted by atomic mass is 35.5. The van der Waals surface area contributed by atoms with Crippen molar-refractivity contribution >= 4 is 17.3 Å². The summed E-state index contributed by atoms with van der Waals surface area (Å²) < 4.78 is 39.6. The molecule has 106 valence electrons. The minimum atomic E-state index is -4.33. The van der Waals surface area contributed by atoms with Crippen LogP contribution in [0.4, 0.5) is 13.2 Å². The molecule has 1 aliphatic rings. The summed E-state index contributed by atoms with van der Waals surface area (Å²) in [7, 11) is 1.44. The van der Waals surface area contributed by atoms with Crippen LogP contribution in [0.15, 0.2) is 35.0 Å². The highest BCUT2D eigenvalue weighted by molar-refractivity contribution is 6.30. The molecule has 0 N–H and O–H groups in total. The van der Waals surface area contributed by atoms with Crippen LogP contribution in [0.25, 0.3) is 0 Å². The molecule has 1 unspecified atom stereocenters. The second-order valence-corrected chi connectivity index (χ2v) is 4.88. The van der Waals surface area contributed by atoms with Crippen molar-refractivity contribution in [2.24, 2.45) is 5.92 Å². The first kappa shape index (κ1) is 16.0. The van der Waals surface area contributed by atoms with Crippen LogP contribution in [0.5, 0.6) is 0 Å². The number of rotatable bonds is 3. The Hall–Kier alpha value is -1.03. The van der Waals surface area contributed by atoms with Gasteiger partial charge in [-0.05, 0) is 25.0 Å². The van der Waals surface area contributed by atoms with Crippen LogP contribution in [-0.2, 0) is 0 Å². The van der Waals surface area contributed by atoms with Gasteiger partial charge in [0, 0.05) is 12.0 Å². The van der Waals surface area contributed by atoms with Gasteiger partial charge in [-0.25, -0.2) is 0 Å². The number of hydrogen-bond donors (Lipinski definition) is 0. The normalized spacial score (nSPS) is 22.2. The Labute approximate surface area is 116 Å². The van der Waals surface area contributed by atoms with E-state index in [0.29, 0.717) is 23.6 Å². The Morgan fingerprint density at radius 2 is 2.16 bits per heavy atom. The Kier molecular flexibility index (Phi) is 5.41. The summed E-state index contributed by atoms with van der Waals surface area (Å²) in [6.07, 6.45) is 4.22. The van der Waals surface area contributed by atoms with Crippen LogP contribution in [0, 0.1) is 5.92 Å². The molecule has 1 atom stereocenters. The highest BCUT2D eigenvalue weighted by Crippen LogP contribution is 2.32. The molecular weight excluding hydrogens is 275 g/mol. The Morgan fingerprint density at radius 3 is 2.63 bits per heavy atom. The molecule has 0 aromatic carbocycles. The fourth-order valence-electron chi connectivity index (χ4n) is 1.97. The van der Waals surface area contributed by atoms with Gasteiger partial charge in [-0.15, -0.1) is 0 Å². The van der Waals surface area contributed by atoms with Gasteiger partial charge in [0.05, 0.1) is 5.92 Å². The summed E-state index contributed by atoms with van der Waals surface area (Å²) in [5, 5.41) is 0.573. The summed E-state index contributed by atoms with van der Waals surface area (Å²) in [5.41, 5.74) is -0.0332. The highest BCUT2D eigenvalue weighted by Gasteiger charge is 2.41. The lowest BCUT2D eigenvalue weighted by Crippen LogP contribution is -2.31. The van der Waals surface area contributed by atoms with Crippen molar-refractivity contribution in [2.45, 2.75) is 32.9 Å². The van der Waals surface area contributed by atoms with Gasteiger partial charge in [-0.3, -0.25) is 0 Å². The summed E-state index contributed by atoms with van der Waals surface area (Å²) in [4.78, 5) is 0. The Bertz CT molecular complexity index is 456. The van der Waals surface area contributed by atoms with E-state index < -0.39 is 11.9 Å². The molecule has 19 heavy (non-hydrogen) atoms. The van der Waals surface area contributed by atoms with Gasteiger partial charge < -0.3 is 0 Å². The fourth-order valence-corrected chi connectivity index (χ4v) is 2.24. The standard InChI is InChI=1S/C14H18ClF3N/c1-4-7-13(11-8-5-6-9-12(11)15)19(3)10(2)14(16,17)18/h5-7,9,11H,4,8H2,1-3H3/q+1. The third-order valence-corrected chi connectivity index (χ3v) is 3.56. The maximum absolute atomic E-state index is 12.8. The van der Waals surface area contributed by atoms with Crippen molar-refractivity contribution in [1.29, 1.82) is 0 Å². The van der Waals surface area contributed by atoms with Crippen molar-refractivity contribution < 1.29 is 17.7 Å². The molecule has 1 nitrogen and oxygen atoms in total. The zero-order valence-electron chi connectivity index (χ0n) is 11.3. The topological polar surface area (TPSA) is 3.01 Å². The van der Waals surface area contributed by atoms with E-state index in [1.807, 2.05) is 19.1 Å². The number of alkyl halides is 3. The largest absolute Gasteiger partial charge is 0.472 e. The summed E-state index contributed by atoms with van der Waals surface area (Å²) in [5.74, 6) is -0.200. The van der Waals surface area contributed by atoms with Crippen molar-refractivity contribution in [1.82, 2.24) is 0 Å². The summed E-state index contributed by atoms with van der Waals surface area (Å²) >= 11 is 6.13. The molecule has 0 amide bonds. The fraction of sp³-hybridized carbons (Fsp3) is 0.500. The summed E-state index contributed by atoms with van der Waals surface area (Å²) in [6.45, 7) is 2.98. The van der Waals surface area contributed by atoms with Crippen molar-refractivity contribution in [3.63, 3.8) is 0 Å². The molecule has 0 bridgehead atoms. The number of nitrogens with zero attached hydrogens (tertiary/aromatic N) is 1. The molecule has 0 spiro atoms. The van der Waals surface area contributed by atoms with Crippen LogP contribution < -0.4 is 0 Å². The molecule has 0 aromatic heterocycles. The van der Waals surface area contributed by atoms with Gasteiger partial charge in [-0.1, -0.05) is 30.7 Å². The van der Waals surface area contributed by atoms with Crippen molar-refractivity contribution in [3.8, 4) is 0 Å². The monoisotopic (exact) mass is 292 g/mol. The van der Waals surface area contributed by atoms with E-state index in [1.54, 1.807) is 12.2 Å². The lowest BCUT2D eigenvalue weighted by molar-refractivity contribution is -0.460. The van der Waals surface area contributed by atoms with E-state index in [9.17, 15) is 13.2 Å². The van der Waals surface area contributed by atoms with Crippen LogP contribution in [0.1, 0.15) is 26.7 Å². The van der Waals surface area contributed by atoms with Gasteiger partial charge in [0.2, 0.25) is 0 Å². The Balaban J connectivity index is 3.20. The van der Waals surface area contributed by atoms with Crippen LogP contribution in [0.2, 0.25) is 0 Å². The molecular formula is C14H18ClF3N+. The van der Waals surface area contributed by atoms with E-state index in [0.717, 1.165) is 6.92 Å². The third kappa shape index (κ3) is 3.96. The maximum Gasteiger partial charge on any atom is 0.472 e. The Morgan fingerprint density at radius 1 is 1.53 bits per heavy atom. The van der Waals surface area contributed by atoms with Crippen LogP contribution in [0.3, 0.4) is 0 Å². The van der Waals surface area contributed by atoms with Gasteiger partial charge in [0.1, 0.15) is 7.05 Å². The van der Waals surface area contributed by atoms with Crippen LogP contribution >= 0.6 is 11.6 Å². The molecule has 1 aliphatic carbocycles. The average Bonchev–Trinajstić information content (AvgIpc) is 2.34. The first-order valence-corrected chi connectivity index (χ1v) is 6.53. The summed E-state index contributed by atoms with van der Waals surface area (Å²) in [6, 6.07) is 0. The SMILES string of the molecule is CCC=C(C1CC=CC=C1Cl)[N+](C)=C(C)C(F)(F)F. The molecule has 0 fully saturated rings. The quantitative estimate of drug-likeness (QED) is 0.526. The van der Waals surface area contributed by atoms with Gasteiger partial charge >= 0.3 is 6.18 Å². The third-order valence-electron chi connectivity index (χ3n) is 3.17. The smallest absolute Gasteiger partial charge is 0.198 e. The van der Waals surface area contributed by atoms with E-state index >= 15 is 0 Å². The van der Waals surface area contributed by atoms with E-state index in [1.165, 1.54) is 11.6 Å². The molecule has 0 radical (unpaired) electrons. The lowest BCUT2D eigenvalue weighted by atomic mass is 9.95. The minimum Gasteiger partial charge on any atom is -0.198 e. The molecule has 0 heterocycles. The van der Waals surface area contributed by atoms with E-state index in [-0.39, 0.29) is 5.92 Å². The molecule has 0 aliphatic heterocycles. The second kappa shape index (κ2) is 6.42. The molecule has 1 rings (SSSR count). The number of allylic oxidation sites excluding steroid dienone is 5. The van der Waals surface area contributed by atoms with E-state index in [4.69, 9.17) is 11.6 Å². The predicted octanol–water partition coefficient (Wildman–Crippen LogP) is 4.64. The van der Waals surface area contributed by atoms with Gasteiger partial charge in [0.25, 0.3) is 5.71 Å². The second-order valence-electron chi connectivity index (χ2n) is 4.45. The van der Waals surface area contributed by atoms with Crippen molar-refractivity contribution in [2.75, 3.05) is 7.05 Å². The molecule has 5 heteroatoms. The zero-order chi connectivity index (χ0) is 14.6. The molecule has 0 saturated carbocycles. The number of halogens is 4. The predicted molar refractivity (Wildman–Crippen MR) is 72.5 cm³/mol. The first-order valence-electron chi connectivity index (χ1n) is 6.15. The molecule has 0 saturated heterocycles. The first-order chi connectivity index (χ1) is 8.79. The minimum absolute atomic E-state index is 0.200. The van der Waals surface area contributed by atoms with Gasteiger partial charge in [0.15, 0.2) is 5.70 Å². The van der Waals surface area contributed by atoms with Crippen LogP contribution in [-0.4, -0.2) is 23.5 Å². The zero-order valence-corrected chi connectivity index (χ0v) is 12.0.